The van der Waals surface area contributed by atoms with E-state index in [9.17, 15) is 9.59 Å². The molecule has 0 fully saturated rings. The van der Waals surface area contributed by atoms with Gasteiger partial charge >= 0.3 is 0 Å². The third-order valence-corrected chi connectivity index (χ3v) is 4.52. The Labute approximate surface area is 146 Å². The molecule has 25 heavy (non-hydrogen) atoms. The lowest BCUT2D eigenvalue weighted by atomic mass is 9.93. The van der Waals surface area contributed by atoms with Crippen molar-refractivity contribution >= 4 is 16.7 Å². The molecule has 1 unspecified atom stereocenters. The molecule has 3 rings (SSSR count). The lowest BCUT2D eigenvalue weighted by Gasteiger charge is -2.17. The van der Waals surface area contributed by atoms with Crippen molar-refractivity contribution in [3.8, 4) is 0 Å². The van der Waals surface area contributed by atoms with Gasteiger partial charge in [0, 0.05) is 18.4 Å². The third kappa shape index (κ3) is 3.96. The monoisotopic (exact) mass is 341 g/mol. The van der Waals surface area contributed by atoms with E-state index < -0.39 is 0 Å². The standard InChI is InChI=1S/C19H23N3O3/c1-25-12-11-22-19(24)16-10-6-5-9-15(16)17(21-22)13-20-18(23)14-7-3-2-4-8-14/h2-3,5-6,9-10,14H,4,7-8,11-13H2,1H3,(H,20,23). The van der Waals surface area contributed by atoms with Crippen molar-refractivity contribution in [1.82, 2.24) is 15.1 Å². The first-order valence-corrected chi connectivity index (χ1v) is 8.61. The fraction of sp³-hybridized carbons (Fsp3) is 0.421. The minimum Gasteiger partial charge on any atom is -0.383 e. The van der Waals surface area contributed by atoms with Crippen molar-refractivity contribution in [2.45, 2.75) is 32.4 Å². The number of amides is 1. The number of allylic oxidation sites excluding steroid dienone is 2. The van der Waals surface area contributed by atoms with Gasteiger partial charge in [0.1, 0.15) is 0 Å². The highest BCUT2D eigenvalue weighted by atomic mass is 16.5. The fourth-order valence-electron chi connectivity index (χ4n) is 3.11. The van der Waals surface area contributed by atoms with E-state index in [4.69, 9.17) is 4.74 Å². The normalized spacial score (nSPS) is 16.9. The van der Waals surface area contributed by atoms with Gasteiger partial charge in [0.25, 0.3) is 5.56 Å². The zero-order chi connectivity index (χ0) is 17.6. The van der Waals surface area contributed by atoms with Crippen molar-refractivity contribution in [1.29, 1.82) is 0 Å². The SMILES string of the molecule is COCCn1nc(CNC(=O)C2CC=CCC2)c2ccccc2c1=O. The van der Waals surface area contributed by atoms with Crippen molar-refractivity contribution in [3.05, 3.63) is 52.5 Å². The molecule has 1 amide bonds. The molecule has 6 heteroatoms. The molecule has 1 aromatic carbocycles. The van der Waals surface area contributed by atoms with Gasteiger partial charge in [-0.1, -0.05) is 30.4 Å². The van der Waals surface area contributed by atoms with Gasteiger partial charge in [0.05, 0.1) is 30.8 Å². The molecule has 0 spiro atoms. The minimum absolute atomic E-state index is 0.0238. The molecule has 1 N–H and O–H groups in total. The van der Waals surface area contributed by atoms with E-state index in [0.717, 1.165) is 24.6 Å². The Morgan fingerprint density at radius 3 is 2.84 bits per heavy atom. The predicted molar refractivity (Wildman–Crippen MR) is 96.2 cm³/mol. The Balaban J connectivity index is 1.84. The van der Waals surface area contributed by atoms with Crippen molar-refractivity contribution < 1.29 is 9.53 Å². The lowest BCUT2D eigenvalue weighted by Crippen LogP contribution is -2.33. The van der Waals surface area contributed by atoms with Crippen LogP contribution in [0, 0.1) is 5.92 Å². The summed E-state index contributed by atoms with van der Waals surface area (Å²) >= 11 is 0. The van der Waals surface area contributed by atoms with Crippen molar-refractivity contribution in [3.63, 3.8) is 0 Å². The van der Waals surface area contributed by atoms with Gasteiger partial charge < -0.3 is 10.1 Å². The van der Waals surface area contributed by atoms with Crippen LogP contribution < -0.4 is 10.9 Å². The number of hydrogen-bond acceptors (Lipinski definition) is 4. The molecule has 0 saturated heterocycles. The number of hydrogen-bond donors (Lipinski definition) is 1. The Bertz CT molecular complexity index is 841. The number of rotatable bonds is 6. The van der Waals surface area contributed by atoms with Crippen LogP contribution in [0.25, 0.3) is 10.8 Å². The van der Waals surface area contributed by atoms with E-state index in [-0.39, 0.29) is 17.4 Å². The average molecular weight is 341 g/mol. The van der Waals surface area contributed by atoms with Crippen LogP contribution in [0.5, 0.6) is 0 Å². The number of benzene rings is 1. The maximum atomic E-state index is 12.5. The average Bonchev–Trinajstić information content (AvgIpc) is 2.67. The topological polar surface area (TPSA) is 73.2 Å². The molecule has 6 nitrogen and oxygen atoms in total. The van der Waals surface area contributed by atoms with Gasteiger partial charge in [-0.15, -0.1) is 0 Å². The number of aromatic nitrogens is 2. The lowest BCUT2D eigenvalue weighted by molar-refractivity contribution is -0.125. The Kier molecular flexibility index (Phi) is 5.60. The second-order valence-corrected chi connectivity index (χ2v) is 6.21. The minimum atomic E-state index is -0.139. The Hall–Kier alpha value is -2.47. The Morgan fingerprint density at radius 2 is 2.12 bits per heavy atom. The quantitative estimate of drug-likeness (QED) is 0.816. The molecule has 0 bridgehead atoms. The Morgan fingerprint density at radius 1 is 1.32 bits per heavy atom. The molecule has 132 valence electrons. The fourth-order valence-corrected chi connectivity index (χ4v) is 3.11. The first kappa shape index (κ1) is 17.4. The highest BCUT2D eigenvalue weighted by Crippen LogP contribution is 2.19. The van der Waals surface area contributed by atoms with Crippen molar-refractivity contribution in [2.75, 3.05) is 13.7 Å². The van der Waals surface area contributed by atoms with E-state index in [2.05, 4.69) is 22.6 Å². The first-order valence-electron chi connectivity index (χ1n) is 8.61. The molecule has 1 aliphatic carbocycles. The number of ether oxygens (including phenoxy) is 1. The molecular formula is C19H23N3O3. The summed E-state index contributed by atoms with van der Waals surface area (Å²) in [7, 11) is 1.59. The summed E-state index contributed by atoms with van der Waals surface area (Å²) in [5, 5.41) is 8.82. The van der Waals surface area contributed by atoms with Gasteiger partial charge in [-0.3, -0.25) is 9.59 Å². The summed E-state index contributed by atoms with van der Waals surface area (Å²) in [5.41, 5.74) is 0.561. The largest absolute Gasteiger partial charge is 0.383 e. The van der Waals surface area contributed by atoms with Crippen LogP contribution in [0.1, 0.15) is 25.0 Å². The molecule has 1 aromatic heterocycles. The van der Waals surface area contributed by atoms with E-state index >= 15 is 0 Å². The predicted octanol–water partition coefficient (Wildman–Crippen LogP) is 2.02. The summed E-state index contributed by atoms with van der Waals surface area (Å²) < 4.78 is 6.47. The van der Waals surface area contributed by atoms with Gasteiger partial charge in [-0.2, -0.15) is 5.10 Å². The number of fused-ring (bicyclic) bond motifs is 1. The maximum absolute atomic E-state index is 12.5. The summed E-state index contributed by atoms with van der Waals surface area (Å²) in [6.45, 7) is 1.10. The van der Waals surface area contributed by atoms with Gasteiger partial charge in [-0.05, 0) is 25.3 Å². The molecule has 2 aromatic rings. The molecular weight excluding hydrogens is 318 g/mol. The van der Waals surface area contributed by atoms with E-state index in [1.165, 1.54) is 4.68 Å². The van der Waals surface area contributed by atoms with Crippen LogP contribution in [0.2, 0.25) is 0 Å². The van der Waals surface area contributed by atoms with Crippen molar-refractivity contribution in [2.24, 2.45) is 5.92 Å². The molecule has 0 aliphatic heterocycles. The molecule has 1 heterocycles. The molecule has 0 radical (unpaired) electrons. The van der Waals surface area contributed by atoms with E-state index in [1.807, 2.05) is 18.2 Å². The van der Waals surface area contributed by atoms with Gasteiger partial charge in [0.2, 0.25) is 5.91 Å². The number of nitrogens with zero attached hydrogens (tertiary/aromatic N) is 2. The number of carbonyl (C=O) groups excluding carboxylic acids is 1. The highest BCUT2D eigenvalue weighted by molar-refractivity contribution is 5.84. The number of carbonyl (C=O) groups is 1. The highest BCUT2D eigenvalue weighted by Gasteiger charge is 2.19. The first-order chi connectivity index (χ1) is 12.2. The van der Waals surface area contributed by atoms with Crippen LogP contribution in [0.3, 0.4) is 0 Å². The van der Waals surface area contributed by atoms with Crippen LogP contribution >= 0.6 is 0 Å². The second-order valence-electron chi connectivity index (χ2n) is 6.21. The smallest absolute Gasteiger partial charge is 0.274 e. The second kappa shape index (κ2) is 8.07. The summed E-state index contributed by atoms with van der Waals surface area (Å²) in [5.74, 6) is 0.0699. The van der Waals surface area contributed by atoms with Crippen LogP contribution in [0.15, 0.2) is 41.2 Å². The zero-order valence-electron chi connectivity index (χ0n) is 14.4. The van der Waals surface area contributed by atoms with Crippen LogP contribution in [-0.4, -0.2) is 29.4 Å². The van der Waals surface area contributed by atoms with E-state index in [1.54, 1.807) is 13.2 Å². The zero-order valence-corrected chi connectivity index (χ0v) is 14.4. The van der Waals surface area contributed by atoms with Gasteiger partial charge in [-0.25, -0.2) is 4.68 Å². The molecule has 1 aliphatic rings. The summed E-state index contributed by atoms with van der Waals surface area (Å²) in [6.07, 6.45) is 6.79. The maximum Gasteiger partial charge on any atom is 0.274 e. The third-order valence-electron chi connectivity index (χ3n) is 4.52. The van der Waals surface area contributed by atoms with E-state index in [0.29, 0.717) is 30.8 Å². The van der Waals surface area contributed by atoms with Crippen LogP contribution in [-0.2, 0) is 22.6 Å². The molecule has 0 saturated carbocycles. The number of nitrogens with one attached hydrogen (secondary N) is 1. The van der Waals surface area contributed by atoms with Crippen LogP contribution in [0.4, 0.5) is 0 Å². The molecule has 1 atom stereocenters. The number of methoxy groups -OCH3 is 1. The summed E-state index contributed by atoms with van der Waals surface area (Å²) in [4.78, 5) is 24.9. The van der Waals surface area contributed by atoms with Gasteiger partial charge in [0.15, 0.2) is 0 Å². The summed E-state index contributed by atoms with van der Waals surface area (Å²) in [6, 6.07) is 7.37.